The van der Waals surface area contributed by atoms with Gasteiger partial charge in [0.2, 0.25) is 10.0 Å². The summed E-state index contributed by atoms with van der Waals surface area (Å²) in [7, 11) is -3.12. The van der Waals surface area contributed by atoms with E-state index in [0.29, 0.717) is 13.1 Å². The molecule has 0 fully saturated rings. The summed E-state index contributed by atoms with van der Waals surface area (Å²) in [6.07, 6.45) is 3.55. The van der Waals surface area contributed by atoms with Gasteiger partial charge in [-0.25, -0.2) is 13.1 Å². The fraction of sp³-hybridized carbons (Fsp3) is 0.556. The summed E-state index contributed by atoms with van der Waals surface area (Å²) in [5, 5.41) is 0. The lowest BCUT2D eigenvalue weighted by atomic mass is 10.1. The topological polar surface area (TPSA) is 114 Å². The van der Waals surface area contributed by atoms with E-state index in [1.807, 2.05) is 45.0 Å². The minimum Gasteiger partial charge on any atom is -0.399 e. The van der Waals surface area contributed by atoms with Crippen molar-refractivity contribution in [1.29, 1.82) is 0 Å². The molecule has 0 heterocycles. The Morgan fingerprint density at radius 2 is 1.50 bits per heavy atom. The Bertz CT molecular complexity index is 1030. The number of rotatable bonds is 13. The molecule has 204 valence electrons. The maximum absolute atomic E-state index is 11.0. The maximum atomic E-state index is 11.0. The second-order valence-electron chi connectivity index (χ2n) is 8.94. The van der Waals surface area contributed by atoms with E-state index in [4.69, 9.17) is 16.2 Å². The molecule has 0 bridgehead atoms. The summed E-state index contributed by atoms with van der Waals surface area (Å²) in [5.74, 6) is 0. The highest BCUT2D eigenvalue weighted by atomic mass is 32.2. The molecule has 36 heavy (non-hydrogen) atoms. The van der Waals surface area contributed by atoms with Gasteiger partial charge in [-0.15, -0.1) is 0 Å². The Morgan fingerprint density at radius 1 is 0.944 bits per heavy atom. The number of unbranched alkanes of at least 4 members (excludes halogenated alkanes) is 1. The summed E-state index contributed by atoms with van der Waals surface area (Å²) >= 11 is 0. The zero-order valence-corrected chi connectivity index (χ0v) is 24.0. The van der Waals surface area contributed by atoms with Crippen LogP contribution in [0.5, 0.6) is 0 Å². The number of hydrogen-bond acceptors (Lipinski definition) is 7. The number of nitrogens with one attached hydrogen (secondary N) is 1. The van der Waals surface area contributed by atoms with Crippen LogP contribution in [0.15, 0.2) is 36.4 Å². The number of hydrogen-bond donors (Lipinski definition) is 3. The Hall–Kier alpha value is -2.49. The highest BCUT2D eigenvalue weighted by Crippen LogP contribution is 2.23. The number of ether oxygens (including phenoxy) is 1. The lowest BCUT2D eigenvalue weighted by Gasteiger charge is -2.30. The molecule has 0 aliphatic heterocycles. The number of anilines is 4. The van der Waals surface area contributed by atoms with Gasteiger partial charge in [0.15, 0.2) is 0 Å². The first-order valence-electron chi connectivity index (χ1n) is 12.7. The Kier molecular flexibility index (Phi) is 13.7. The van der Waals surface area contributed by atoms with E-state index in [0.717, 1.165) is 60.6 Å². The highest BCUT2D eigenvalue weighted by molar-refractivity contribution is 7.88. The third kappa shape index (κ3) is 11.1. The molecule has 0 aromatic heterocycles. The number of sulfonamides is 1. The van der Waals surface area contributed by atoms with Crippen LogP contribution >= 0.6 is 0 Å². The van der Waals surface area contributed by atoms with Gasteiger partial charge in [-0.05, 0) is 88.6 Å². The fourth-order valence-electron chi connectivity index (χ4n) is 3.67. The van der Waals surface area contributed by atoms with Crippen LogP contribution in [0, 0.1) is 13.8 Å². The number of aryl methyl sites for hydroxylation is 2. The molecule has 2 rings (SSSR count). The van der Waals surface area contributed by atoms with Crippen LogP contribution in [0.3, 0.4) is 0 Å². The zero-order chi connectivity index (χ0) is 27.3. The molecular formula is C27H47N5O3S. The summed E-state index contributed by atoms with van der Waals surface area (Å²) < 4.78 is 30.3. The van der Waals surface area contributed by atoms with Crippen LogP contribution in [-0.4, -0.2) is 53.7 Å². The molecule has 0 spiro atoms. The molecule has 8 nitrogen and oxygen atoms in total. The standard InChI is InChI=1S/C15H26N2O.C12H21N3O2S/c1-5-7-10-18-13(4)17(6-2)14-8-9-15(16)12(3)11-14;1-4-15(8-7-14-18(3,16)17)11-5-6-12(13)10(2)9-11/h8-9,11,13H,5-7,10,16H2,1-4H3;5-6,9,14H,4,7-8,13H2,1-3H3. The highest BCUT2D eigenvalue weighted by Gasteiger charge is 2.13. The lowest BCUT2D eigenvalue weighted by Crippen LogP contribution is -2.35. The van der Waals surface area contributed by atoms with Gasteiger partial charge >= 0.3 is 0 Å². The van der Waals surface area contributed by atoms with Crippen molar-refractivity contribution >= 4 is 32.8 Å². The number of nitrogens with two attached hydrogens (primary N) is 2. The molecule has 9 heteroatoms. The van der Waals surface area contributed by atoms with Crippen LogP contribution in [0.4, 0.5) is 22.7 Å². The van der Waals surface area contributed by atoms with Crippen LogP contribution in [-0.2, 0) is 14.8 Å². The van der Waals surface area contributed by atoms with E-state index >= 15 is 0 Å². The van der Waals surface area contributed by atoms with Crippen molar-refractivity contribution in [2.45, 2.75) is 60.6 Å². The van der Waals surface area contributed by atoms with Crippen LogP contribution in [0.25, 0.3) is 0 Å². The quantitative estimate of drug-likeness (QED) is 0.202. The SMILES string of the molecule is CCCCOC(C)N(CC)c1ccc(N)c(C)c1.CCN(CCNS(C)(=O)=O)c1ccc(N)c(C)c1. The van der Waals surface area contributed by atoms with Crippen molar-refractivity contribution < 1.29 is 13.2 Å². The van der Waals surface area contributed by atoms with Crippen molar-refractivity contribution in [3.05, 3.63) is 47.5 Å². The molecular weight excluding hydrogens is 474 g/mol. The molecule has 0 aliphatic carbocycles. The number of nitrogens with zero attached hydrogens (tertiary/aromatic N) is 2. The Labute approximate surface area is 219 Å². The molecule has 2 aromatic carbocycles. The van der Waals surface area contributed by atoms with Crippen LogP contribution in [0.1, 0.15) is 51.7 Å². The van der Waals surface area contributed by atoms with Gasteiger partial charge in [0.25, 0.3) is 0 Å². The molecule has 1 unspecified atom stereocenters. The van der Waals surface area contributed by atoms with E-state index in [-0.39, 0.29) is 6.23 Å². The van der Waals surface area contributed by atoms with E-state index in [1.165, 1.54) is 12.1 Å². The van der Waals surface area contributed by atoms with E-state index in [9.17, 15) is 8.42 Å². The van der Waals surface area contributed by atoms with E-state index in [2.05, 4.69) is 47.4 Å². The van der Waals surface area contributed by atoms with Crippen molar-refractivity contribution in [2.24, 2.45) is 0 Å². The smallest absolute Gasteiger partial charge is 0.208 e. The van der Waals surface area contributed by atoms with Gasteiger partial charge in [0.05, 0.1) is 6.26 Å². The summed E-state index contributed by atoms with van der Waals surface area (Å²) in [6, 6.07) is 12.0. The zero-order valence-electron chi connectivity index (χ0n) is 23.2. The summed E-state index contributed by atoms with van der Waals surface area (Å²) in [6.45, 7) is 16.0. The Morgan fingerprint density at radius 3 is 1.97 bits per heavy atom. The van der Waals surface area contributed by atoms with Crippen LogP contribution in [0.2, 0.25) is 0 Å². The predicted octanol–water partition coefficient (Wildman–Crippen LogP) is 4.52. The third-order valence-electron chi connectivity index (χ3n) is 5.97. The van der Waals surface area contributed by atoms with Gasteiger partial charge in [0, 0.05) is 55.5 Å². The molecule has 0 amide bonds. The molecule has 5 N–H and O–H groups in total. The average molecular weight is 522 g/mol. The molecule has 0 saturated heterocycles. The second kappa shape index (κ2) is 15.6. The number of likely N-dealkylation sites (N-methyl/N-ethyl adjacent to an activating group) is 1. The van der Waals surface area contributed by atoms with Gasteiger partial charge in [-0.1, -0.05) is 13.3 Å². The molecule has 0 aliphatic rings. The molecule has 0 radical (unpaired) electrons. The summed E-state index contributed by atoms with van der Waals surface area (Å²) in [4.78, 5) is 4.35. The molecule has 1 atom stereocenters. The van der Waals surface area contributed by atoms with Gasteiger partial charge in [0.1, 0.15) is 6.23 Å². The van der Waals surface area contributed by atoms with Crippen LogP contribution < -0.4 is 26.0 Å². The van der Waals surface area contributed by atoms with Crippen molar-refractivity contribution in [1.82, 2.24) is 4.72 Å². The molecule has 0 saturated carbocycles. The second-order valence-corrected chi connectivity index (χ2v) is 10.8. The van der Waals surface area contributed by atoms with E-state index < -0.39 is 10.0 Å². The first kappa shape index (κ1) is 31.5. The van der Waals surface area contributed by atoms with Gasteiger partial charge in [-0.3, -0.25) is 0 Å². The van der Waals surface area contributed by atoms with Crippen molar-refractivity contribution in [2.75, 3.05) is 60.3 Å². The first-order chi connectivity index (χ1) is 16.9. The normalized spacial score (nSPS) is 12.0. The Balaban J connectivity index is 0.000000360. The first-order valence-corrected chi connectivity index (χ1v) is 14.6. The lowest BCUT2D eigenvalue weighted by molar-refractivity contribution is 0.0620. The minimum absolute atomic E-state index is 0.101. The maximum Gasteiger partial charge on any atom is 0.208 e. The monoisotopic (exact) mass is 521 g/mol. The molecule has 2 aromatic rings. The fourth-order valence-corrected chi connectivity index (χ4v) is 4.13. The van der Waals surface area contributed by atoms with Gasteiger partial charge < -0.3 is 26.0 Å². The van der Waals surface area contributed by atoms with Crippen molar-refractivity contribution in [3.63, 3.8) is 0 Å². The largest absolute Gasteiger partial charge is 0.399 e. The number of nitrogen functional groups attached to an aromatic ring is 2. The minimum atomic E-state index is -3.12. The number of benzene rings is 2. The third-order valence-corrected chi connectivity index (χ3v) is 6.70. The summed E-state index contributed by atoms with van der Waals surface area (Å²) in [5.41, 5.74) is 17.6. The predicted molar refractivity (Wildman–Crippen MR) is 155 cm³/mol. The van der Waals surface area contributed by atoms with E-state index in [1.54, 1.807) is 0 Å². The van der Waals surface area contributed by atoms with Crippen molar-refractivity contribution in [3.8, 4) is 0 Å². The average Bonchev–Trinajstić information content (AvgIpc) is 2.81. The van der Waals surface area contributed by atoms with Gasteiger partial charge in [-0.2, -0.15) is 0 Å².